The van der Waals surface area contributed by atoms with E-state index in [1.807, 2.05) is 41.0 Å². The molecule has 1 aliphatic heterocycles. The fourth-order valence-corrected chi connectivity index (χ4v) is 4.67. The van der Waals surface area contributed by atoms with Crippen LogP contribution in [0.5, 0.6) is 0 Å². The van der Waals surface area contributed by atoms with Crippen molar-refractivity contribution in [3.8, 4) is 11.5 Å². The fourth-order valence-electron chi connectivity index (χ4n) is 4.67. The zero-order valence-corrected chi connectivity index (χ0v) is 17.9. The minimum absolute atomic E-state index is 0.172. The molecule has 1 amide bonds. The monoisotopic (exact) mass is 420 g/mol. The molecular formula is C23H28N6O2. The number of amides is 1. The third kappa shape index (κ3) is 4.38. The van der Waals surface area contributed by atoms with Gasteiger partial charge >= 0.3 is 0 Å². The molecule has 5 rings (SSSR count). The molecule has 0 N–H and O–H groups in total. The minimum Gasteiger partial charge on any atom is -0.342 e. The predicted molar refractivity (Wildman–Crippen MR) is 114 cm³/mol. The number of rotatable bonds is 7. The van der Waals surface area contributed by atoms with Crippen molar-refractivity contribution in [3.05, 3.63) is 48.3 Å². The van der Waals surface area contributed by atoms with E-state index in [1.54, 1.807) is 12.4 Å². The second kappa shape index (κ2) is 8.24. The van der Waals surface area contributed by atoms with Gasteiger partial charge in [0.2, 0.25) is 5.91 Å². The number of likely N-dealkylation sites (tertiary alicyclic amines) is 1. The van der Waals surface area contributed by atoms with Gasteiger partial charge < -0.3 is 9.42 Å². The molecule has 2 aliphatic rings. The molecule has 0 radical (unpaired) electrons. The molecule has 1 atom stereocenters. The van der Waals surface area contributed by atoms with Crippen LogP contribution in [-0.4, -0.2) is 48.8 Å². The Kier molecular flexibility index (Phi) is 5.29. The van der Waals surface area contributed by atoms with Gasteiger partial charge in [-0.2, -0.15) is 10.1 Å². The first-order valence-corrected chi connectivity index (χ1v) is 11.1. The molecule has 8 nitrogen and oxygen atoms in total. The summed E-state index contributed by atoms with van der Waals surface area (Å²) < 4.78 is 7.47. The molecule has 1 unspecified atom stereocenters. The van der Waals surface area contributed by atoms with Crippen molar-refractivity contribution in [2.45, 2.75) is 57.4 Å². The molecule has 3 aromatic heterocycles. The lowest BCUT2D eigenvalue weighted by atomic mass is 9.74. The quantitative estimate of drug-likeness (QED) is 0.582. The highest BCUT2D eigenvalue weighted by Crippen LogP contribution is 2.46. The molecule has 1 aliphatic carbocycles. The molecule has 2 fully saturated rings. The van der Waals surface area contributed by atoms with E-state index in [-0.39, 0.29) is 11.3 Å². The van der Waals surface area contributed by atoms with Gasteiger partial charge in [-0.25, -0.2) is 0 Å². The zero-order valence-electron chi connectivity index (χ0n) is 17.9. The zero-order chi connectivity index (χ0) is 21.3. The summed E-state index contributed by atoms with van der Waals surface area (Å²) in [5.74, 6) is 2.13. The number of pyridine rings is 1. The van der Waals surface area contributed by atoms with Crippen LogP contribution in [0, 0.1) is 12.8 Å². The largest absolute Gasteiger partial charge is 0.342 e. The first kappa shape index (κ1) is 19.9. The molecular weight excluding hydrogens is 392 g/mol. The second-order valence-electron chi connectivity index (χ2n) is 9.04. The van der Waals surface area contributed by atoms with Gasteiger partial charge in [0.1, 0.15) is 0 Å². The van der Waals surface area contributed by atoms with E-state index in [1.165, 1.54) is 12.8 Å². The number of nitrogens with zero attached hydrogens (tertiary/aromatic N) is 6. The Hall–Kier alpha value is -3.03. The van der Waals surface area contributed by atoms with E-state index >= 15 is 0 Å². The Balaban J connectivity index is 1.34. The lowest BCUT2D eigenvalue weighted by molar-refractivity contribution is -0.134. The van der Waals surface area contributed by atoms with Crippen LogP contribution >= 0.6 is 0 Å². The van der Waals surface area contributed by atoms with Crippen LogP contribution in [-0.2, 0) is 16.8 Å². The molecule has 0 bridgehead atoms. The van der Waals surface area contributed by atoms with Crippen molar-refractivity contribution in [1.82, 2.24) is 29.8 Å². The fraction of sp³-hybridized carbons (Fsp3) is 0.522. The van der Waals surface area contributed by atoms with Gasteiger partial charge in [0.05, 0.1) is 11.6 Å². The lowest BCUT2D eigenvalue weighted by Crippen LogP contribution is -2.49. The van der Waals surface area contributed by atoms with Crippen molar-refractivity contribution >= 4 is 5.91 Å². The highest BCUT2D eigenvalue weighted by Gasteiger charge is 2.45. The SMILES string of the molecule is Cc1cnn(CCC(=O)N2CCCC(CC3CC3)(c3noc(-c4ccncc4)n3)C2)c1. The summed E-state index contributed by atoms with van der Waals surface area (Å²) in [6.07, 6.45) is 13.2. The van der Waals surface area contributed by atoms with Crippen LogP contribution in [0.1, 0.15) is 49.9 Å². The molecule has 31 heavy (non-hydrogen) atoms. The summed E-state index contributed by atoms with van der Waals surface area (Å²) in [5, 5.41) is 8.70. The van der Waals surface area contributed by atoms with Gasteiger partial charge in [0, 0.05) is 50.2 Å². The average molecular weight is 421 g/mol. The molecule has 1 saturated carbocycles. The summed E-state index contributed by atoms with van der Waals surface area (Å²) in [6, 6.07) is 3.75. The van der Waals surface area contributed by atoms with E-state index < -0.39 is 0 Å². The third-order valence-corrected chi connectivity index (χ3v) is 6.45. The van der Waals surface area contributed by atoms with E-state index in [0.29, 0.717) is 31.3 Å². The standard InChI is InChI=1S/C23H28N6O2/c1-17-14-25-29(15-17)12-7-20(30)28-11-2-8-23(16-28,13-18-3-4-18)22-26-21(31-27-22)19-5-9-24-10-6-19/h5-6,9-10,14-15,18H,2-4,7-8,11-13,16H2,1H3. The molecule has 0 aromatic carbocycles. The van der Waals surface area contributed by atoms with Crippen molar-refractivity contribution in [1.29, 1.82) is 0 Å². The topological polar surface area (TPSA) is 89.9 Å². The number of hydrogen-bond acceptors (Lipinski definition) is 6. The van der Waals surface area contributed by atoms with E-state index in [0.717, 1.165) is 42.8 Å². The summed E-state index contributed by atoms with van der Waals surface area (Å²) in [7, 11) is 0. The van der Waals surface area contributed by atoms with Crippen LogP contribution in [0.2, 0.25) is 0 Å². The number of carbonyl (C=O) groups excluding carboxylic acids is 1. The third-order valence-electron chi connectivity index (χ3n) is 6.45. The van der Waals surface area contributed by atoms with Gasteiger partial charge in [-0.1, -0.05) is 18.0 Å². The van der Waals surface area contributed by atoms with E-state index in [2.05, 4.69) is 15.2 Å². The van der Waals surface area contributed by atoms with Crippen molar-refractivity contribution < 1.29 is 9.32 Å². The Morgan fingerprint density at radius 2 is 2.13 bits per heavy atom. The Labute approximate surface area is 181 Å². The van der Waals surface area contributed by atoms with Gasteiger partial charge in [0.25, 0.3) is 5.89 Å². The maximum Gasteiger partial charge on any atom is 0.258 e. The highest BCUT2D eigenvalue weighted by molar-refractivity contribution is 5.76. The summed E-state index contributed by atoms with van der Waals surface area (Å²) in [5.41, 5.74) is 1.75. The van der Waals surface area contributed by atoms with Crippen LogP contribution in [0.25, 0.3) is 11.5 Å². The molecule has 4 heterocycles. The highest BCUT2D eigenvalue weighted by atomic mass is 16.5. The smallest absolute Gasteiger partial charge is 0.258 e. The Bertz CT molecular complexity index is 1040. The number of carbonyl (C=O) groups is 1. The van der Waals surface area contributed by atoms with Crippen LogP contribution < -0.4 is 0 Å². The molecule has 3 aromatic rings. The Morgan fingerprint density at radius 1 is 1.29 bits per heavy atom. The van der Waals surface area contributed by atoms with Crippen molar-refractivity contribution in [2.75, 3.05) is 13.1 Å². The number of piperidine rings is 1. The van der Waals surface area contributed by atoms with Crippen molar-refractivity contribution in [2.24, 2.45) is 5.92 Å². The predicted octanol–water partition coefficient (Wildman–Crippen LogP) is 3.39. The summed E-state index contributed by atoms with van der Waals surface area (Å²) in [4.78, 5) is 23.9. The maximum absolute atomic E-state index is 13.0. The van der Waals surface area contributed by atoms with Crippen LogP contribution in [0.15, 0.2) is 41.4 Å². The number of hydrogen-bond donors (Lipinski definition) is 0. The minimum atomic E-state index is -0.230. The summed E-state index contributed by atoms with van der Waals surface area (Å²) >= 11 is 0. The average Bonchev–Trinajstić information content (AvgIpc) is 3.28. The molecule has 1 saturated heterocycles. The van der Waals surface area contributed by atoms with Gasteiger partial charge in [0.15, 0.2) is 5.82 Å². The first-order chi connectivity index (χ1) is 15.1. The summed E-state index contributed by atoms with van der Waals surface area (Å²) in [6.45, 7) is 4.06. The van der Waals surface area contributed by atoms with Gasteiger partial charge in [-0.3, -0.25) is 14.5 Å². The number of aryl methyl sites for hydroxylation is 2. The van der Waals surface area contributed by atoms with Gasteiger partial charge in [-0.15, -0.1) is 0 Å². The molecule has 8 heteroatoms. The lowest BCUT2D eigenvalue weighted by Gasteiger charge is -2.41. The Morgan fingerprint density at radius 3 is 2.87 bits per heavy atom. The van der Waals surface area contributed by atoms with Crippen LogP contribution in [0.3, 0.4) is 0 Å². The normalized spacial score (nSPS) is 21.4. The molecule has 162 valence electrons. The number of aromatic nitrogens is 5. The molecule has 0 spiro atoms. The van der Waals surface area contributed by atoms with Crippen molar-refractivity contribution in [3.63, 3.8) is 0 Å². The van der Waals surface area contributed by atoms with Gasteiger partial charge in [-0.05, 0) is 49.8 Å². The van der Waals surface area contributed by atoms with Crippen LogP contribution in [0.4, 0.5) is 0 Å². The van der Waals surface area contributed by atoms with E-state index in [9.17, 15) is 4.79 Å². The van der Waals surface area contributed by atoms with E-state index in [4.69, 9.17) is 9.51 Å². The first-order valence-electron chi connectivity index (χ1n) is 11.1. The second-order valence-corrected chi connectivity index (χ2v) is 9.04. The maximum atomic E-state index is 13.0.